The Hall–Kier alpha value is -2.52. The highest BCUT2D eigenvalue weighted by molar-refractivity contribution is 6.30. The first kappa shape index (κ1) is 18.3. The maximum Gasteiger partial charge on any atom is 0.328 e. The molecular weight excluding hydrogens is 346 g/mol. The van der Waals surface area contributed by atoms with Gasteiger partial charge in [-0.05, 0) is 60.2 Å². The van der Waals surface area contributed by atoms with E-state index < -0.39 is 5.97 Å². The van der Waals surface area contributed by atoms with Crippen molar-refractivity contribution in [3.63, 3.8) is 0 Å². The second-order valence-corrected chi connectivity index (χ2v) is 6.82. The average molecular weight is 368 g/mol. The van der Waals surface area contributed by atoms with Gasteiger partial charge in [0.2, 0.25) is 0 Å². The van der Waals surface area contributed by atoms with Gasteiger partial charge in [0.25, 0.3) is 0 Å². The van der Waals surface area contributed by atoms with Gasteiger partial charge in [-0.25, -0.2) is 4.79 Å². The molecule has 0 bridgehead atoms. The number of allylic oxidation sites excluding steroid dienone is 2. The predicted octanol–water partition coefficient (Wildman–Crippen LogP) is 5.40. The van der Waals surface area contributed by atoms with Gasteiger partial charge in [-0.1, -0.05) is 48.0 Å². The number of carboxylic acid groups (broad SMARTS) is 1. The molecule has 1 saturated heterocycles. The number of hydrogen-bond acceptors (Lipinski definition) is 2. The number of aliphatic carboxylic acids is 1. The van der Waals surface area contributed by atoms with E-state index in [-0.39, 0.29) is 0 Å². The van der Waals surface area contributed by atoms with E-state index in [0.29, 0.717) is 5.02 Å². The average Bonchev–Trinajstić information content (AvgIpc) is 2.67. The molecular formula is C22H22ClNO2. The first-order valence-corrected chi connectivity index (χ1v) is 9.24. The zero-order valence-corrected chi connectivity index (χ0v) is 15.3. The van der Waals surface area contributed by atoms with Crippen molar-refractivity contribution in [1.29, 1.82) is 0 Å². The minimum absolute atomic E-state index is 0.676. The Morgan fingerprint density at radius 2 is 1.50 bits per heavy atom. The minimum atomic E-state index is -0.961. The molecule has 1 fully saturated rings. The molecule has 1 N–H and O–H groups in total. The molecule has 26 heavy (non-hydrogen) atoms. The molecule has 1 aliphatic heterocycles. The Morgan fingerprint density at radius 1 is 0.923 bits per heavy atom. The van der Waals surface area contributed by atoms with Crippen LogP contribution < -0.4 is 4.90 Å². The van der Waals surface area contributed by atoms with Gasteiger partial charge in [-0.3, -0.25) is 0 Å². The number of hydrogen-bond donors (Lipinski definition) is 1. The van der Waals surface area contributed by atoms with Gasteiger partial charge in [-0.2, -0.15) is 0 Å². The summed E-state index contributed by atoms with van der Waals surface area (Å²) in [5, 5.41) is 9.52. The highest BCUT2D eigenvalue weighted by atomic mass is 35.5. The SMILES string of the molecule is O=C(O)/C=C/C=C(/c1ccc(Cl)cc1)c1ccc(N2CCCCC2)cc1. The zero-order valence-electron chi connectivity index (χ0n) is 14.6. The molecule has 0 amide bonds. The van der Waals surface area contributed by atoms with Crippen molar-refractivity contribution >= 4 is 28.8 Å². The van der Waals surface area contributed by atoms with Crippen LogP contribution in [0.4, 0.5) is 5.69 Å². The van der Waals surface area contributed by atoms with Crippen LogP contribution in [0.1, 0.15) is 30.4 Å². The topological polar surface area (TPSA) is 40.5 Å². The van der Waals surface area contributed by atoms with Crippen molar-refractivity contribution in [3.05, 3.63) is 82.9 Å². The zero-order chi connectivity index (χ0) is 18.4. The van der Waals surface area contributed by atoms with E-state index in [1.807, 2.05) is 30.3 Å². The summed E-state index contributed by atoms with van der Waals surface area (Å²) in [6, 6.07) is 16.1. The summed E-state index contributed by atoms with van der Waals surface area (Å²) in [5.74, 6) is -0.961. The van der Waals surface area contributed by atoms with Crippen molar-refractivity contribution < 1.29 is 9.90 Å². The summed E-state index contributed by atoms with van der Waals surface area (Å²) in [6.07, 6.45) is 8.33. The largest absolute Gasteiger partial charge is 0.478 e. The molecule has 1 heterocycles. The van der Waals surface area contributed by atoms with Gasteiger partial charge in [0, 0.05) is 29.9 Å². The van der Waals surface area contributed by atoms with E-state index in [9.17, 15) is 4.79 Å². The van der Waals surface area contributed by atoms with Crippen molar-refractivity contribution in [2.45, 2.75) is 19.3 Å². The Balaban J connectivity index is 1.90. The van der Waals surface area contributed by atoms with Gasteiger partial charge >= 0.3 is 5.97 Å². The van der Waals surface area contributed by atoms with Crippen molar-refractivity contribution in [3.8, 4) is 0 Å². The van der Waals surface area contributed by atoms with Crippen LogP contribution in [-0.2, 0) is 4.79 Å². The molecule has 0 radical (unpaired) electrons. The second-order valence-electron chi connectivity index (χ2n) is 6.38. The molecule has 4 heteroatoms. The van der Waals surface area contributed by atoms with Crippen molar-refractivity contribution in [1.82, 2.24) is 0 Å². The molecule has 0 unspecified atom stereocenters. The molecule has 3 rings (SSSR count). The molecule has 0 atom stereocenters. The highest BCUT2D eigenvalue weighted by Gasteiger charge is 2.11. The number of piperidine rings is 1. The summed E-state index contributed by atoms with van der Waals surface area (Å²) >= 11 is 6.00. The number of benzene rings is 2. The minimum Gasteiger partial charge on any atom is -0.478 e. The van der Waals surface area contributed by atoms with Crippen LogP contribution in [0.2, 0.25) is 5.02 Å². The number of nitrogens with zero attached hydrogens (tertiary/aromatic N) is 1. The maximum absolute atomic E-state index is 10.8. The lowest BCUT2D eigenvalue weighted by molar-refractivity contribution is -0.131. The third-order valence-electron chi connectivity index (χ3n) is 4.56. The van der Waals surface area contributed by atoms with Crippen LogP contribution in [-0.4, -0.2) is 24.2 Å². The van der Waals surface area contributed by atoms with Crippen LogP contribution in [0, 0.1) is 0 Å². The molecule has 0 aromatic heterocycles. The van der Waals surface area contributed by atoms with Crippen LogP contribution in [0.15, 0.2) is 66.8 Å². The summed E-state index contributed by atoms with van der Waals surface area (Å²) in [4.78, 5) is 13.2. The quantitative estimate of drug-likeness (QED) is 0.568. The standard InChI is InChI=1S/C22H22ClNO2/c23-19-11-7-17(8-12-19)21(5-4-6-22(25)26)18-9-13-20(14-10-18)24-15-2-1-3-16-24/h4-14H,1-3,15-16H2,(H,25,26)/b6-4+,21-5-. The first-order valence-electron chi connectivity index (χ1n) is 8.86. The lowest BCUT2D eigenvalue weighted by Crippen LogP contribution is -2.29. The fourth-order valence-corrected chi connectivity index (χ4v) is 3.35. The van der Waals surface area contributed by atoms with E-state index in [1.54, 1.807) is 6.08 Å². The number of anilines is 1. The summed E-state index contributed by atoms with van der Waals surface area (Å²) in [5.41, 5.74) is 4.24. The number of carbonyl (C=O) groups is 1. The lowest BCUT2D eigenvalue weighted by atomic mass is 9.97. The van der Waals surface area contributed by atoms with Gasteiger partial charge in [-0.15, -0.1) is 0 Å². The lowest BCUT2D eigenvalue weighted by Gasteiger charge is -2.29. The molecule has 0 spiro atoms. The van der Waals surface area contributed by atoms with Gasteiger partial charge in [0.15, 0.2) is 0 Å². The molecule has 3 nitrogen and oxygen atoms in total. The van der Waals surface area contributed by atoms with Crippen LogP contribution >= 0.6 is 11.6 Å². The molecule has 0 aliphatic carbocycles. The molecule has 2 aromatic carbocycles. The Labute approximate surface area is 159 Å². The van der Waals surface area contributed by atoms with E-state index in [0.717, 1.165) is 35.9 Å². The van der Waals surface area contributed by atoms with Crippen LogP contribution in [0.3, 0.4) is 0 Å². The second kappa shape index (κ2) is 8.72. The third kappa shape index (κ3) is 4.77. The van der Waals surface area contributed by atoms with Crippen LogP contribution in [0.25, 0.3) is 5.57 Å². The van der Waals surface area contributed by atoms with Crippen molar-refractivity contribution in [2.24, 2.45) is 0 Å². The van der Waals surface area contributed by atoms with Crippen LogP contribution in [0.5, 0.6) is 0 Å². The van der Waals surface area contributed by atoms with Gasteiger partial charge < -0.3 is 10.0 Å². The summed E-state index contributed by atoms with van der Waals surface area (Å²) < 4.78 is 0. The summed E-state index contributed by atoms with van der Waals surface area (Å²) in [7, 11) is 0. The number of halogens is 1. The Kier molecular flexibility index (Phi) is 6.13. The monoisotopic (exact) mass is 367 g/mol. The maximum atomic E-state index is 10.8. The Morgan fingerprint density at radius 3 is 2.08 bits per heavy atom. The Bertz CT molecular complexity index is 801. The number of rotatable bonds is 5. The molecule has 1 aliphatic rings. The van der Waals surface area contributed by atoms with E-state index in [4.69, 9.17) is 16.7 Å². The molecule has 2 aromatic rings. The molecule has 0 saturated carbocycles. The first-order chi connectivity index (χ1) is 12.6. The van der Waals surface area contributed by atoms with Gasteiger partial charge in [0.05, 0.1) is 0 Å². The molecule has 134 valence electrons. The van der Waals surface area contributed by atoms with E-state index in [1.165, 1.54) is 24.9 Å². The smallest absolute Gasteiger partial charge is 0.328 e. The normalized spacial score (nSPS) is 15.4. The third-order valence-corrected chi connectivity index (χ3v) is 4.81. The fourth-order valence-electron chi connectivity index (χ4n) is 3.22. The van der Waals surface area contributed by atoms with Crippen molar-refractivity contribution in [2.75, 3.05) is 18.0 Å². The van der Waals surface area contributed by atoms with E-state index in [2.05, 4.69) is 29.2 Å². The predicted molar refractivity (Wildman–Crippen MR) is 108 cm³/mol. The summed E-state index contributed by atoms with van der Waals surface area (Å²) in [6.45, 7) is 2.22. The number of carboxylic acids is 1. The highest BCUT2D eigenvalue weighted by Crippen LogP contribution is 2.28. The van der Waals surface area contributed by atoms with Gasteiger partial charge in [0.1, 0.15) is 0 Å². The van der Waals surface area contributed by atoms with E-state index >= 15 is 0 Å². The fraction of sp³-hybridized carbons (Fsp3) is 0.227.